The van der Waals surface area contributed by atoms with Crippen molar-refractivity contribution in [2.75, 3.05) is 5.33 Å². The van der Waals surface area contributed by atoms with Gasteiger partial charge in [-0.2, -0.15) is 0 Å². The maximum atomic E-state index is 11.9. The van der Waals surface area contributed by atoms with Crippen LogP contribution < -0.4 is 5.32 Å². The molecule has 2 nitrogen and oxygen atoms in total. The van der Waals surface area contributed by atoms with Crippen molar-refractivity contribution in [1.82, 2.24) is 5.32 Å². The molecule has 5 heteroatoms. The summed E-state index contributed by atoms with van der Waals surface area (Å²) in [5, 5.41) is 4.23. The Bertz CT molecular complexity index is 380. The SMILES string of the molecule is CCC(CBr)NC(=O)c1cc(Cl)ccc1Br. The zero-order valence-electron chi connectivity index (χ0n) is 8.77. The number of rotatable bonds is 4. The van der Waals surface area contributed by atoms with E-state index in [2.05, 4.69) is 37.2 Å². The lowest BCUT2D eigenvalue weighted by molar-refractivity contribution is 0.0939. The first kappa shape index (κ1) is 14.0. The van der Waals surface area contributed by atoms with E-state index in [4.69, 9.17) is 11.6 Å². The Balaban J connectivity index is 2.83. The third kappa shape index (κ3) is 3.75. The first-order valence-electron chi connectivity index (χ1n) is 4.90. The van der Waals surface area contributed by atoms with Gasteiger partial charge in [-0.3, -0.25) is 4.79 Å². The summed E-state index contributed by atoms with van der Waals surface area (Å²) < 4.78 is 0.749. The summed E-state index contributed by atoms with van der Waals surface area (Å²) in [6, 6.07) is 5.30. The van der Waals surface area contributed by atoms with Gasteiger partial charge in [0.05, 0.1) is 5.56 Å². The maximum Gasteiger partial charge on any atom is 0.252 e. The van der Waals surface area contributed by atoms with Crippen molar-refractivity contribution >= 4 is 49.4 Å². The van der Waals surface area contributed by atoms with E-state index < -0.39 is 0 Å². The van der Waals surface area contributed by atoms with Crippen molar-refractivity contribution in [2.24, 2.45) is 0 Å². The van der Waals surface area contributed by atoms with Crippen LogP contribution >= 0.6 is 43.5 Å². The topological polar surface area (TPSA) is 29.1 Å². The van der Waals surface area contributed by atoms with Gasteiger partial charge < -0.3 is 5.32 Å². The number of carbonyl (C=O) groups excluding carboxylic acids is 1. The standard InChI is InChI=1S/C11H12Br2ClNO/c1-2-8(6-12)15-11(16)9-5-7(14)3-4-10(9)13/h3-5,8H,2,6H2,1H3,(H,15,16). The molecule has 1 rings (SSSR count). The molecule has 0 aromatic heterocycles. The molecule has 0 aliphatic carbocycles. The average molecular weight is 369 g/mol. The Morgan fingerprint density at radius 1 is 1.56 bits per heavy atom. The molecule has 0 aliphatic heterocycles. The van der Waals surface area contributed by atoms with Crippen LogP contribution in [0.3, 0.4) is 0 Å². The molecule has 0 saturated heterocycles. The van der Waals surface area contributed by atoms with E-state index in [9.17, 15) is 4.79 Å². The van der Waals surface area contributed by atoms with Gasteiger partial charge in [-0.1, -0.05) is 34.5 Å². The Kier molecular flexibility index (Phi) is 5.79. The fourth-order valence-corrected chi connectivity index (χ4v) is 2.40. The van der Waals surface area contributed by atoms with E-state index >= 15 is 0 Å². The lowest BCUT2D eigenvalue weighted by Crippen LogP contribution is -2.35. The van der Waals surface area contributed by atoms with Crippen molar-refractivity contribution in [1.29, 1.82) is 0 Å². The van der Waals surface area contributed by atoms with Crippen molar-refractivity contribution in [3.63, 3.8) is 0 Å². The molecular weight excluding hydrogens is 357 g/mol. The van der Waals surface area contributed by atoms with Crippen LogP contribution in [0.15, 0.2) is 22.7 Å². The molecule has 88 valence electrons. The highest BCUT2D eigenvalue weighted by atomic mass is 79.9. The number of hydrogen-bond donors (Lipinski definition) is 1. The Morgan fingerprint density at radius 2 is 2.25 bits per heavy atom. The van der Waals surface area contributed by atoms with Crippen molar-refractivity contribution in [3.05, 3.63) is 33.3 Å². The van der Waals surface area contributed by atoms with Gasteiger partial charge in [-0.15, -0.1) is 0 Å². The molecule has 0 aliphatic rings. The van der Waals surface area contributed by atoms with Gasteiger partial charge in [0.1, 0.15) is 0 Å². The predicted molar refractivity (Wildman–Crippen MR) is 74.5 cm³/mol. The number of nitrogens with one attached hydrogen (secondary N) is 1. The van der Waals surface area contributed by atoms with Crippen LogP contribution in [-0.2, 0) is 0 Å². The molecule has 16 heavy (non-hydrogen) atoms. The summed E-state index contributed by atoms with van der Waals surface area (Å²) in [5.41, 5.74) is 0.562. The number of benzene rings is 1. The zero-order chi connectivity index (χ0) is 12.1. The first-order chi connectivity index (χ1) is 7.58. The van der Waals surface area contributed by atoms with E-state index in [1.807, 2.05) is 6.92 Å². The first-order valence-corrected chi connectivity index (χ1v) is 7.19. The lowest BCUT2D eigenvalue weighted by Gasteiger charge is -2.14. The third-order valence-corrected chi connectivity index (χ3v) is 3.90. The second-order valence-electron chi connectivity index (χ2n) is 3.36. The normalized spacial score (nSPS) is 12.2. The van der Waals surface area contributed by atoms with E-state index in [0.717, 1.165) is 16.2 Å². The number of amides is 1. The fourth-order valence-electron chi connectivity index (χ4n) is 1.18. The van der Waals surface area contributed by atoms with E-state index in [1.165, 1.54) is 0 Å². The maximum absolute atomic E-state index is 11.9. The van der Waals surface area contributed by atoms with Gasteiger partial charge in [0.2, 0.25) is 0 Å². The second-order valence-corrected chi connectivity index (χ2v) is 5.30. The summed E-state index contributed by atoms with van der Waals surface area (Å²) in [4.78, 5) is 11.9. The quantitative estimate of drug-likeness (QED) is 0.799. The van der Waals surface area contributed by atoms with Crippen LogP contribution in [0.25, 0.3) is 0 Å². The lowest BCUT2D eigenvalue weighted by atomic mass is 10.2. The van der Waals surface area contributed by atoms with Crippen molar-refractivity contribution in [3.8, 4) is 0 Å². The molecule has 1 unspecified atom stereocenters. The number of halogens is 3. The van der Waals surface area contributed by atoms with Gasteiger partial charge in [0.25, 0.3) is 5.91 Å². The van der Waals surface area contributed by atoms with E-state index in [0.29, 0.717) is 10.6 Å². The van der Waals surface area contributed by atoms with Gasteiger partial charge in [0, 0.05) is 20.9 Å². The molecule has 0 radical (unpaired) electrons. The molecule has 0 heterocycles. The van der Waals surface area contributed by atoms with Gasteiger partial charge in [-0.05, 0) is 40.5 Å². The third-order valence-electron chi connectivity index (χ3n) is 2.19. The molecular formula is C11H12Br2ClNO. The predicted octanol–water partition coefficient (Wildman–Crippen LogP) is 4.01. The Hall–Kier alpha value is -0.0600. The monoisotopic (exact) mass is 367 g/mol. The molecule has 1 aromatic carbocycles. The number of alkyl halides is 1. The highest BCUT2D eigenvalue weighted by Crippen LogP contribution is 2.21. The van der Waals surface area contributed by atoms with Crippen molar-refractivity contribution < 1.29 is 4.79 Å². The summed E-state index contributed by atoms with van der Waals surface area (Å²) in [7, 11) is 0. The van der Waals surface area contributed by atoms with Crippen LogP contribution in [-0.4, -0.2) is 17.3 Å². The molecule has 1 aromatic rings. The second kappa shape index (κ2) is 6.62. The van der Waals surface area contributed by atoms with Gasteiger partial charge >= 0.3 is 0 Å². The smallest absolute Gasteiger partial charge is 0.252 e. The van der Waals surface area contributed by atoms with Crippen LogP contribution in [0.4, 0.5) is 0 Å². The number of hydrogen-bond acceptors (Lipinski definition) is 1. The molecule has 0 saturated carbocycles. The Labute approximate surface area is 117 Å². The van der Waals surface area contributed by atoms with Gasteiger partial charge in [0.15, 0.2) is 0 Å². The molecule has 0 spiro atoms. The molecule has 1 N–H and O–H groups in total. The summed E-state index contributed by atoms with van der Waals surface area (Å²) in [6.45, 7) is 2.03. The van der Waals surface area contributed by atoms with E-state index in [1.54, 1.807) is 18.2 Å². The van der Waals surface area contributed by atoms with Crippen LogP contribution in [0.1, 0.15) is 23.7 Å². The minimum Gasteiger partial charge on any atom is -0.348 e. The Morgan fingerprint density at radius 3 is 2.81 bits per heavy atom. The molecule has 1 amide bonds. The summed E-state index contributed by atoms with van der Waals surface area (Å²) in [5.74, 6) is -0.110. The van der Waals surface area contributed by atoms with Crippen molar-refractivity contribution in [2.45, 2.75) is 19.4 Å². The highest BCUT2D eigenvalue weighted by molar-refractivity contribution is 9.10. The zero-order valence-corrected chi connectivity index (χ0v) is 12.7. The summed E-state index contributed by atoms with van der Waals surface area (Å²) in [6.07, 6.45) is 0.884. The minimum absolute atomic E-state index is 0.110. The van der Waals surface area contributed by atoms with Crippen LogP contribution in [0, 0.1) is 0 Å². The van der Waals surface area contributed by atoms with Gasteiger partial charge in [-0.25, -0.2) is 0 Å². The van der Waals surface area contributed by atoms with Crippen LogP contribution in [0.5, 0.6) is 0 Å². The van der Waals surface area contributed by atoms with E-state index in [-0.39, 0.29) is 11.9 Å². The minimum atomic E-state index is -0.110. The molecule has 1 atom stereocenters. The summed E-state index contributed by atoms with van der Waals surface area (Å²) >= 11 is 12.5. The van der Waals surface area contributed by atoms with Crippen LogP contribution in [0.2, 0.25) is 5.02 Å². The molecule has 0 bridgehead atoms. The highest BCUT2D eigenvalue weighted by Gasteiger charge is 2.14. The molecule has 0 fully saturated rings. The fraction of sp³-hybridized carbons (Fsp3) is 0.364. The largest absolute Gasteiger partial charge is 0.348 e. The average Bonchev–Trinajstić information content (AvgIpc) is 2.28. The number of carbonyl (C=O) groups is 1.